The number of ether oxygens (including phenoxy) is 1. The third-order valence-electron chi connectivity index (χ3n) is 3.42. The van der Waals surface area contributed by atoms with Crippen LogP contribution in [0.5, 0.6) is 0 Å². The number of nitrogens with one attached hydrogen (secondary N) is 1. The van der Waals surface area contributed by atoms with Crippen LogP contribution in [0.4, 0.5) is 5.69 Å². The standard InChI is InChI=1S/C14H16N2O4S/c1-10-13(6-7-20-10)21(18,19)9-14(17)16-12-5-3-2-4-11(12)8-15/h2-5,10,13H,6-7,9H2,1H3,(H,16,17). The lowest BCUT2D eigenvalue weighted by Gasteiger charge is -2.15. The average Bonchev–Trinajstić information content (AvgIpc) is 2.86. The molecule has 1 saturated heterocycles. The van der Waals surface area contributed by atoms with Crippen molar-refractivity contribution in [3.8, 4) is 6.07 Å². The summed E-state index contributed by atoms with van der Waals surface area (Å²) >= 11 is 0. The number of rotatable bonds is 4. The highest BCUT2D eigenvalue weighted by Crippen LogP contribution is 2.22. The molecule has 6 nitrogen and oxygen atoms in total. The molecule has 1 amide bonds. The van der Waals surface area contributed by atoms with E-state index in [1.165, 1.54) is 0 Å². The highest BCUT2D eigenvalue weighted by atomic mass is 32.2. The van der Waals surface area contributed by atoms with Crippen LogP contribution in [0, 0.1) is 11.3 Å². The van der Waals surface area contributed by atoms with Gasteiger partial charge in [0.15, 0.2) is 9.84 Å². The summed E-state index contributed by atoms with van der Waals surface area (Å²) in [5.41, 5.74) is 0.608. The van der Waals surface area contributed by atoms with Gasteiger partial charge < -0.3 is 10.1 Å². The van der Waals surface area contributed by atoms with Gasteiger partial charge in [-0.1, -0.05) is 12.1 Å². The van der Waals surface area contributed by atoms with E-state index >= 15 is 0 Å². The molecule has 7 heteroatoms. The van der Waals surface area contributed by atoms with Crippen LogP contribution in [0.1, 0.15) is 18.9 Å². The largest absolute Gasteiger partial charge is 0.377 e. The van der Waals surface area contributed by atoms with Crippen molar-refractivity contribution in [1.82, 2.24) is 0 Å². The number of hydrogen-bond acceptors (Lipinski definition) is 5. The molecule has 2 unspecified atom stereocenters. The third kappa shape index (κ3) is 3.60. The molecule has 0 spiro atoms. The van der Waals surface area contributed by atoms with Gasteiger partial charge >= 0.3 is 0 Å². The van der Waals surface area contributed by atoms with E-state index in [0.717, 1.165) is 0 Å². The predicted octanol–water partition coefficient (Wildman–Crippen LogP) is 1.09. The van der Waals surface area contributed by atoms with Crippen molar-refractivity contribution in [3.63, 3.8) is 0 Å². The second-order valence-corrected chi connectivity index (χ2v) is 7.14. The predicted molar refractivity (Wildman–Crippen MR) is 77.4 cm³/mol. The number of nitriles is 1. The van der Waals surface area contributed by atoms with Gasteiger partial charge in [-0.05, 0) is 25.5 Å². The smallest absolute Gasteiger partial charge is 0.239 e. The third-order valence-corrected chi connectivity index (χ3v) is 5.63. The van der Waals surface area contributed by atoms with Crippen molar-refractivity contribution >= 4 is 21.4 Å². The number of carbonyl (C=O) groups is 1. The summed E-state index contributed by atoms with van der Waals surface area (Å²) in [6.07, 6.45) is 0.0140. The monoisotopic (exact) mass is 308 g/mol. The topological polar surface area (TPSA) is 96.3 Å². The Hall–Kier alpha value is -1.91. The van der Waals surface area contributed by atoms with Crippen LogP contribution in [0.3, 0.4) is 0 Å². The zero-order valence-corrected chi connectivity index (χ0v) is 12.4. The fourth-order valence-electron chi connectivity index (χ4n) is 2.35. The van der Waals surface area contributed by atoms with Gasteiger partial charge in [0.1, 0.15) is 11.8 Å². The van der Waals surface area contributed by atoms with Crippen molar-refractivity contribution in [2.24, 2.45) is 0 Å². The number of amides is 1. The van der Waals surface area contributed by atoms with Crippen LogP contribution in [-0.2, 0) is 19.4 Å². The number of hydrogen-bond donors (Lipinski definition) is 1. The van der Waals surface area contributed by atoms with Crippen molar-refractivity contribution in [2.45, 2.75) is 24.7 Å². The highest BCUT2D eigenvalue weighted by Gasteiger charge is 2.36. The number of anilines is 1. The minimum absolute atomic E-state index is 0.292. The fraction of sp³-hybridized carbons (Fsp3) is 0.429. The molecule has 1 aromatic rings. The SMILES string of the molecule is CC1OCCC1S(=O)(=O)CC(=O)Nc1ccccc1C#N. The molecular weight excluding hydrogens is 292 g/mol. The first-order valence-electron chi connectivity index (χ1n) is 6.56. The van der Waals surface area contributed by atoms with E-state index in [9.17, 15) is 13.2 Å². The van der Waals surface area contributed by atoms with E-state index in [1.807, 2.05) is 6.07 Å². The molecule has 1 aliphatic heterocycles. The van der Waals surface area contributed by atoms with Crippen molar-refractivity contribution in [3.05, 3.63) is 29.8 Å². The van der Waals surface area contributed by atoms with Crippen LogP contribution in [0.15, 0.2) is 24.3 Å². The van der Waals surface area contributed by atoms with Crippen molar-refractivity contribution < 1.29 is 17.9 Å². The Morgan fingerprint density at radius 2 is 2.19 bits per heavy atom. The molecule has 1 heterocycles. The number of carbonyl (C=O) groups excluding carboxylic acids is 1. The zero-order chi connectivity index (χ0) is 15.5. The minimum atomic E-state index is -3.57. The van der Waals surface area contributed by atoms with Crippen molar-refractivity contribution in [1.29, 1.82) is 5.26 Å². The van der Waals surface area contributed by atoms with Crippen LogP contribution >= 0.6 is 0 Å². The normalized spacial score (nSPS) is 21.7. The highest BCUT2D eigenvalue weighted by molar-refractivity contribution is 7.92. The Bertz CT molecular complexity index is 678. The number of benzene rings is 1. The molecule has 0 radical (unpaired) electrons. The Labute approximate surface area is 123 Å². The summed E-state index contributed by atoms with van der Waals surface area (Å²) in [6, 6.07) is 8.39. The van der Waals surface area contributed by atoms with E-state index in [0.29, 0.717) is 24.3 Å². The van der Waals surface area contributed by atoms with Gasteiger partial charge in [0.2, 0.25) is 5.91 Å². The molecule has 1 aromatic carbocycles. The molecule has 2 atom stereocenters. The van der Waals surface area contributed by atoms with E-state index < -0.39 is 32.9 Å². The number of nitrogens with zero attached hydrogens (tertiary/aromatic N) is 1. The lowest BCUT2D eigenvalue weighted by Crippen LogP contribution is -2.34. The molecular formula is C14H16N2O4S. The maximum atomic E-state index is 12.2. The summed E-state index contributed by atoms with van der Waals surface area (Å²) in [7, 11) is -3.57. The summed E-state index contributed by atoms with van der Waals surface area (Å²) < 4.78 is 29.6. The molecule has 112 valence electrons. The first-order chi connectivity index (χ1) is 9.94. The van der Waals surface area contributed by atoms with Gasteiger partial charge in [0, 0.05) is 6.61 Å². The second kappa shape index (κ2) is 6.24. The Morgan fingerprint density at radius 3 is 2.81 bits per heavy atom. The Morgan fingerprint density at radius 1 is 1.48 bits per heavy atom. The quantitative estimate of drug-likeness (QED) is 0.898. The average molecular weight is 308 g/mol. The maximum Gasteiger partial charge on any atom is 0.239 e. The molecule has 1 aliphatic rings. The molecule has 1 fully saturated rings. The molecule has 0 saturated carbocycles. The molecule has 0 bridgehead atoms. The van der Waals surface area contributed by atoms with Crippen LogP contribution < -0.4 is 5.32 Å². The molecule has 0 aromatic heterocycles. The van der Waals surface area contributed by atoms with E-state index in [-0.39, 0.29) is 0 Å². The first-order valence-corrected chi connectivity index (χ1v) is 8.28. The summed E-state index contributed by atoms with van der Waals surface area (Å²) in [5, 5.41) is 10.8. The summed E-state index contributed by atoms with van der Waals surface area (Å²) in [5.74, 6) is -1.25. The number of para-hydroxylation sites is 1. The van der Waals surface area contributed by atoms with Gasteiger partial charge in [-0.2, -0.15) is 5.26 Å². The summed E-state index contributed by atoms with van der Waals surface area (Å²) in [6.45, 7) is 2.09. The van der Waals surface area contributed by atoms with E-state index in [2.05, 4.69) is 5.32 Å². The van der Waals surface area contributed by atoms with E-state index in [1.54, 1.807) is 31.2 Å². The molecule has 1 N–H and O–H groups in total. The molecule has 0 aliphatic carbocycles. The maximum absolute atomic E-state index is 12.2. The second-order valence-electron chi connectivity index (χ2n) is 4.92. The zero-order valence-electron chi connectivity index (χ0n) is 11.6. The first kappa shape index (κ1) is 15.5. The van der Waals surface area contributed by atoms with Gasteiger partial charge in [-0.15, -0.1) is 0 Å². The lowest BCUT2D eigenvalue weighted by molar-refractivity contribution is -0.113. The van der Waals surface area contributed by atoms with Crippen LogP contribution in [0.2, 0.25) is 0 Å². The molecule has 21 heavy (non-hydrogen) atoms. The van der Waals surface area contributed by atoms with Gasteiger partial charge in [-0.3, -0.25) is 4.79 Å². The van der Waals surface area contributed by atoms with Gasteiger partial charge in [0.05, 0.1) is 22.6 Å². The van der Waals surface area contributed by atoms with Gasteiger partial charge in [-0.25, -0.2) is 8.42 Å². The van der Waals surface area contributed by atoms with Gasteiger partial charge in [0.25, 0.3) is 0 Å². The van der Waals surface area contributed by atoms with Crippen LogP contribution in [0.25, 0.3) is 0 Å². The number of sulfone groups is 1. The Kier molecular flexibility index (Phi) is 4.60. The Balaban J connectivity index is 2.07. The lowest BCUT2D eigenvalue weighted by atomic mass is 10.2. The fourth-order valence-corrected chi connectivity index (χ4v) is 4.12. The summed E-state index contributed by atoms with van der Waals surface area (Å²) in [4.78, 5) is 11.9. The molecule has 2 rings (SSSR count). The van der Waals surface area contributed by atoms with Crippen molar-refractivity contribution in [2.75, 3.05) is 17.7 Å². The minimum Gasteiger partial charge on any atom is -0.377 e. The van der Waals surface area contributed by atoms with Crippen LogP contribution in [-0.4, -0.2) is 38.0 Å². The van der Waals surface area contributed by atoms with E-state index in [4.69, 9.17) is 10.00 Å².